The summed E-state index contributed by atoms with van der Waals surface area (Å²) in [5.41, 5.74) is 1.63. The summed E-state index contributed by atoms with van der Waals surface area (Å²) in [4.78, 5) is 20.1. The molecule has 11 heteroatoms. The highest BCUT2D eigenvalue weighted by atomic mass is 32.2. The standard InChI is InChI=1S/C19H27N5O3S2.H2S/c1-23(2)29-27-24-10-14(11-24)20-13-3-4-16-17(9-13)21-18(22-19(16)25)12-28-15-5-7-26-8-6-15;/h3-4,9,14-15,20H,5-8,10-12H2,1-2H3,(H,21,22,25);1H2. The second kappa shape index (κ2) is 11.1. The minimum Gasteiger partial charge on any atom is -0.381 e. The highest BCUT2D eigenvalue weighted by molar-refractivity contribution is 7.99. The predicted molar refractivity (Wildman–Crippen MR) is 129 cm³/mol. The lowest BCUT2D eigenvalue weighted by Crippen LogP contribution is -2.53. The number of aromatic nitrogens is 2. The van der Waals surface area contributed by atoms with Crippen LogP contribution in [-0.4, -0.2) is 71.0 Å². The van der Waals surface area contributed by atoms with E-state index in [-0.39, 0.29) is 19.1 Å². The van der Waals surface area contributed by atoms with Crippen molar-refractivity contribution in [1.29, 1.82) is 0 Å². The van der Waals surface area contributed by atoms with Crippen LogP contribution in [0.4, 0.5) is 5.69 Å². The lowest BCUT2D eigenvalue weighted by atomic mass is 10.1. The highest BCUT2D eigenvalue weighted by Gasteiger charge is 2.28. The molecular weight excluding hydrogens is 442 g/mol. The summed E-state index contributed by atoms with van der Waals surface area (Å²) in [5, 5.41) is 6.61. The van der Waals surface area contributed by atoms with Gasteiger partial charge in [-0.3, -0.25) is 4.79 Å². The molecule has 2 aliphatic heterocycles. The van der Waals surface area contributed by atoms with E-state index in [1.165, 1.54) is 12.2 Å². The number of rotatable bonds is 8. The van der Waals surface area contributed by atoms with E-state index in [2.05, 4.69) is 10.3 Å². The van der Waals surface area contributed by atoms with Gasteiger partial charge in [-0.1, -0.05) is 0 Å². The third-order valence-corrected chi connectivity index (χ3v) is 6.84. The highest BCUT2D eigenvalue weighted by Crippen LogP contribution is 2.25. The third-order valence-electron chi connectivity index (χ3n) is 4.89. The summed E-state index contributed by atoms with van der Waals surface area (Å²) in [6.45, 7) is 3.28. The first-order valence-electron chi connectivity index (χ1n) is 9.83. The number of benzene rings is 1. The van der Waals surface area contributed by atoms with Gasteiger partial charge in [-0.15, -0.1) is 0 Å². The predicted octanol–water partition coefficient (Wildman–Crippen LogP) is 2.60. The number of fused-ring (bicyclic) bond motifs is 1. The maximum absolute atomic E-state index is 12.4. The molecule has 2 aromatic rings. The zero-order valence-electron chi connectivity index (χ0n) is 17.2. The summed E-state index contributed by atoms with van der Waals surface area (Å²) in [7, 11) is 3.89. The fourth-order valence-corrected chi connectivity index (χ4v) is 4.73. The third kappa shape index (κ3) is 6.28. The van der Waals surface area contributed by atoms with Crippen LogP contribution in [0.2, 0.25) is 0 Å². The Bertz CT molecular complexity index is 885. The van der Waals surface area contributed by atoms with Gasteiger partial charge < -0.3 is 15.0 Å². The number of ether oxygens (including phenoxy) is 1. The van der Waals surface area contributed by atoms with Crippen LogP contribution in [0.1, 0.15) is 18.7 Å². The molecule has 2 saturated heterocycles. The molecule has 3 heterocycles. The van der Waals surface area contributed by atoms with Crippen molar-refractivity contribution in [2.24, 2.45) is 0 Å². The number of hydrogen-bond acceptors (Lipinski definition) is 9. The Kier molecular flexibility index (Phi) is 8.75. The van der Waals surface area contributed by atoms with Crippen molar-refractivity contribution in [3.63, 3.8) is 0 Å². The van der Waals surface area contributed by atoms with Crippen LogP contribution < -0.4 is 10.9 Å². The minimum absolute atomic E-state index is 0. The van der Waals surface area contributed by atoms with Crippen molar-refractivity contribution in [1.82, 2.24) is 19.3 Å². The van der Waals surface area contributed by atoms with E-state index < -0.39 is 0 Å². The zero-order valence-corrected chi connectivity index (χ0v) is 19.9. The van der Waals surface area contributed by atoms with Crippen LogP contribution in [0.3, 0.4) is 0 Å². The summed E-state index contributed by atoms with van der Waals surface area (Å²) in [6.07, 6.45) is 2.12. The van der Waals surface area contributed by atoms with Crippen molar-refractivity contribution >= 4 is 54.1 Å². The van der Waals surface area contributed by atoms with Gasteiger partial charge in [0.25, 0.3) is 5.56 Å². The molecule has 0 spiro atoms. The molecular formula is C19H29N5O3S3. The topological polar surface area (TPSA) is 82.7 Å². The number of hydrogen-bond donors (Lipinski definition) is 2. The van der Waals surface area contributed by atoms with Gasteiger partial charge in [0.2, 0.25) is 0 Å². The Balaban J connectivity index is 0.00000256. The quantitative estimate of drug-likeness (QED) is 0.446. The smallest absolute Gasteiger partial charge is 0.258 e. The van der Waals surface area contributed by atoms with Crippen LogP contribution in [0.15, 0.2) is 23.0 Å². The second-order valence-corrected chi connectivity index (χ2v) is 9.83. The summed E-state index contributed by atoms with van der Waals surface area (Å²) < 4.78 is 12.9. The van der Waals surface area contributed by atoms with Gasteiger partial charge in [0.15, 0.2) is 0 Å². The first-order valence-corrected chi connectivity index (χ1v) is 11.6. The average Bonchev–Trinajstić information content (AvgIpc) is 2.68. The molecule has 1 aromatic heterocycles. The molecule has 2 aliphatic rings. The number of H-pyrrole nitrogens is 1. The molecule has 166 valence electrons. The van der Waals surface area contributed by atoms with Crippen molar-refractivity contribution in [2.45, 2.75) is 29.9 Å². The molecule has 1 aromatic carbocycles. The monoisotopic (exact) mass is 471 g/mol. The van der Waals surface area contributed by atoms with Crippen molar-refractivity contribution in [3.05, 3.63) is 34.4 Å². The number of nitrogens with one attached hydrogen (secondary N) is 2. The zero-order chi connectivity index (χ0) is 20.2. The van der Waals surface area contributed by atoms with E-state index in [1.54, 1.807) is 0 Å². The first kappa shape index (κ1) is 23.7. The lowest BCUT2D eigenvalue weighted by molar-refractivity contribution is -0.0991. The lowest BCUT2D eigenvalue weighted by Gasteiger charge is -2.38. The van der Waals surface area contributed by atoms with Gasteiger partial charge in [-0.2, -0.15) is 30.3 Å². The fourth-order valence-electron chi connectivity index (χ4n) is 3.33. The van der Waals surface area contributed by atoms with Gasteiger partial charge in [0, 0.05) is 37.2 Å². The van der Waals surface area contributed by atoms with Crippen LogP contribution in [-0.2, 0) is 14.8 Å². The first-order chi connectivity index (χ1) is 14.1. The molecule has 30 heavy (non-hydrogen) atoms. The Hall–Kier alpha value is -0.950. The SMILES string of the molecule is CN(C)SON1CC(Nc2ccc3c(=O)[nH]c(CSC4CCOCC4)nc3c2)C1.S. The Morgan fingerprint density at radius 3 is 2.83 bits per heavy atom. The molecule has 2 fully saturated rings. The normalized spacial score (nSPS) is 18.4. The molecule has 4 rings (SSSR count). The number of thioether (sulfide) groups is 1. The number of hydroxylamine groups is 2. The molecule has 0 radical (unpaired) electrons. The van der Waals surface area contributed by atoms with Crippen molar-refractivity contribution in [3.8, 4) is 0 Å². The largest absolute Gasteiger partial charge is 0.381 e. The van der Waals surface area contributed by atoms with E-state index in [0.717, 1.165) is 56.2 Å². The maximum atomic E-state index is 12.4. The van der Waals surface area contributed by atoms with E-state index >= 15 is 0 Å². The van der Waals surface area contributed by atoms with Gasteiger partial charge in [0.1, 0.15) is 18.1 Å². The molecule has 0 amide bonds. The van der Waals surface area contributed by atoms with Crippen LogP contribution in [0.25, 0.3) is 10.9 Å². The van der Waals surface area contributed by atoms with Gasteiger partial charge in [-0.25, -0.2) is 13.6 Å². The number of anilines is 1. The molecule has 0 bridgehead atoms. The molecule has 2 N–H and O–H groups in total. The Morgan fingerprint density at radius 2 is 2.10 bits per heavy atom. The molecule has 8 nitrogen and oxygen atoms in total. The van der Waals surface area contributed by atoms with E-state index in [0.29, 0.717) is 22.4 Å². The molecule has 0 saturated carbocycles. The van der Waals surface area contributed by atoms with E-state index in [1.807, 2.05) is 53.4 Å². The average molecular weight is 472 g/mol. The van der Waals surface area contributed by atoms with E-state index in [9.17, 15) is 4.79 Å². The van der Waals surface area contributed by atoms with Crippen LogP contribution >= 0.6 is 37.5 Å². The maximum Gasteiger partial charge on any atom is 0.258 e. The number of nitrogens with zero attached hydrogens (tertiary/aromatic N) is 3. The van der Waals surface area contributed by atoms with Gasteiger partial charge >= 0.3 is 0 Å². The Morgan fingerprint density at radius 1 is 1.33 bits per heavy atom. The second-order valence-electron chi connectivity index (χ2n) is 7.52. The summed E-state index contributed by atoms with van der Waals surface area (Å²) >= 11 is 3.17. The minimum atomic E-state index is -0.0759. The van der Waals surface area contributed by atoms with Gasteiger partial charge in [0.05, 0.1) is 22.7 Å². The summed E-state index contributed by atoms with van der Waals surface area (Å²) in [5.74, 6) is 1.45. The van der Waals surface area contributed by atoms with Crippen LogP contribution in [0.5, 0.6) is 0 Å². The van der Waals surface area contributed by atoms with Crippen molar-refractivity contribution in [2.75, 3.05) is 45.7 Å². The molecule has 0 atom stereocenters. The molecule has 0 unspecified atom stereocenters. The summed E-state index contributed by atoms with van der Waals surface area (Å²) in [6, 6.07) is 6.06. The molecule has 0 aliphatic carbocycles. The fraction of sp³-hybridized carbons (Fsp3) is 0.579. The van der Waals surface area contributed by atoms with Crippen LogP contribution in [0, 0.1) is 0 Å². The van der Waals surface area contributed by atoms with E-state index in [4.69, 9.17) is 14.0 Å². The number of aromatic amines is 1. The Labute approximate surface area is 192 Å². The van der Waals surface area contributed by atoms with Crippen molar-refractivity contribution < 1.29 is 9.02 Å². The van der Waals surface area contributed by atoms with Gasteiger partial charge in [-0.05, 0) is 45.1 Å².